The van der Waals surface area contributed by atoms with E-state index in [1.54, 1.807) is 0 Å². The van der Waals surface area contributed by atoms with Crippen LogP contribution in [0.5, 0.6) is 0 Å². The minimum atomic E-state index is -0.305. The minimum absolute atomic E-state index is 0.134. The lowest BCUT2D eigenvalue weighted by Gasteiger charge is -2.46. The molecule has 6 heteroatoms. The van der Waals surface area contributed by atoms with Crippen molar-refractivity contribution < 1.29 is 28.6 Å². The lowest BCUT2D eigenvalue weighted by Crippen LogP contribution is -2.44. The van der Waals surface area contributed by atoms with Gasteiger partial charge in [0.1, 0.15) is 18.8 Å². The quantitative estimate of drug-likeness (QED) is 0.323. The summed E-state index contributed by atoms with van der Waals surface area (Å²) in [6, 6.07) is 0. The molecule has 2 aliphatic carbocycles. The van der Waals surface area contributed by atoms with E-state index in [0.29, 0.717) is 19.3 Å². The van der Waals surface area contributed by atoms with Crippen LogP contribution in [0.3, 0.4) is 0 Å². The number of ether oxygens (including phenoxy) is 3. The first-order chi connectivity index (χ1) is 12.2. The van der Waals surface area contributed by atoms with E-state index in [2.05, 4.69) is 13.0 Å². The Morgan fingerprint density at radius 2 is 1.85 bits per heavy atom. The van der Waals surface area contributed by atoms with Crippen LogP contribution in [-0.2, 0) is 28.6 Å². The maximum atomic E-state index is 11.5. The van der Waals surface area contributed by atoms with Gasteiger partial charge in [-0.1, -0.05) is 18.6 Å². The summed E-state index contributed by atoms with van der Waals surface area (Å²) < 4.78 is 16.0. The van der Waals surface area contributed by atoms with Crippen LogP contribution in [0, 0.1) is 17.8 Å². The second-order valence-electron chi connectivity index (χ2n) is 7.36. The molecule has 2 aliphatic rings. The summed E-state index contributed by atoms with van der Waals surface area (Å²) in [7, 11) is 0. The molecule has 6 nitrogen and oxygen atoms in total. The van der Waals surface area contributed by atoms with E-state index in [-0.39, 0.29) is 48.5 Å². The molecule has 0 spiro atoms. The summed E-state index contributed by atoms with van der Waals surface area (Å²) in [5.74, 6) is -0.121. The Hall–Kier alpha value is -2.11. The largest absolute Gasteiger partial charge is 0.463 e. The molecule has 0 radical (unpaired) electrons. The third-order valence-electron chi connectivity index (χ3n) is 5.52. The highest BCUT2D eigenvalue weighted by Gasteiger charge is 2.44. The summed E-state index contributed by atoms with van der Waals surface area (Å²) in [5.41, 5.74) is 3.15. The lowest BCUT2D eigenvalue weighted by atomic mass is 9.62. The van der Waals surface area contributed by atoms with Gasteiger partial charge in [-0.05, 0) is 43.3 Å². The maximum absolute atomic E-state index is 11.5. The van der Waals surface area contributed by atoms with Gasteiger partial charge in [-0.15, -0.1) is 0 Å². The van der Waals surface area contributed by atoms with Gasteiger partial charge in [0.2, 0.25) is 0 Å². The molecule has 2 rings (SSSR count). The predicted molar refractivity (Wildman–Crippen MR) is 95.0 cm³/mol. The van der Waals surface area contributed by atoms with Crippen LogP contribution in [0.4, 0.5) is 0 Å². The number of fused-ring (bicyclic) bond motifs is 1. The zero-order chi connectivity index (χ0) is 19.4. The molecule has 0 saturated heterocycles. The third-order valence-corrected chi connectivity index (χ3v) is 5.52. The van der Waals surface area contributed by atoms with Crippen molar-refractivity contribution in [2.24, 2.45) is 17.8 Å². The highest BCUT2D eigenvalue weighted by Crippen LogP contribution is 2.48. The van der Waals surface area contributed by atoms with Crippen LogP contribution in [0.25, 0.3) is 0 Å². The molecule has 0 N–H and O–H groups in total. The number of hydrogen-bond donors (Lipinski definition) is 0. The molecule has 0 aromatic rings. The Labute approximate surface area is 154 Å². The van der Waals surface area contributed by atoms with E-state index >= 15 is 0 Å². The van der Waals surface area contributed by atoms with E-state index < -0.39 is 0 Å². The minimum Gasteiger partial charge on any atom is -0.463 e. The molecule has 0 amide bonds. The van der Waals surface area contributed by atoms with Crippen LogP contribution in [0.15, 0.2) is 22.8 Å². The molecule has 0 heterocycles. The fraction of sp³-hybridized carbons (Fsp3) is 0.650. The lowest BCUT2D eigenvalue weighted by molar-refractivity contribution is -0.152. The zero-order valence-corrected chi connectivity index (χ0v) is 16.1. The second kappa shape index (κ2) is 8.52. The average Bonchev–Trinajstić information content (AvgIpc) is 2.55. The van der Waals surface area contributed by atoms with Crippen LogP contribution < -0.4 is 0 Å². The molecule has 1 saturated carbocycles. The van der Waals surface area contributed by atoms with Crippen molar-refractivity contribution in [1.82, 2.24) is 0 Å². The fourth-order valence-electron chi connectivity index (χ4n) is 4.22. The Morgan fingerprint density at radius 3 is 2.42 bits per heavy atom. The van der Waals surface area contributed by atoms with E-state index in [1.165, 1.54) is 13.8 Å². The van der Waals surface area contributed by atoms with E-state index in [4.69, 9.17) is 14.2 Å². The van der Waals surface area contributed by atoms with E-state index in [0.717, 1.165) is 16.7 Å². The maximum Gasteiger partial charge on any atom is 0.303 e. The summed E-state index contributed by atoms with van der Waals surface area (Å²) in [4.78, 5) is 33.5. The van der Waals surface area contributed by atoms with E-state index in [9.17, 15) is 14.4 Å². The molecule has 26 heavy (non-hydrogen) atoms. The van der Waals surface area contributed by atoms with Gasteiger partial charge in [-0.2, -0.15) is 0 Å². The van der Waals surface area contributed by atoms with Gasteiger partial charge in [-0.25, -0.2) is 0 Å². The number of carbonyl (C=O) groups excluding carboxylic acids is 3. The fourth-order valence-corrected chi connectivity index (χ4v) is 4.22. The molecule has 0 aromatic carbocycles. The van der Waals surface area contributed by atoms with Gasteiger partial charge in [0.15, 0.2) is 0 Å². The Bertz CT molecular complexity index is 632. The van der Waals surface area contributed by atoms with Crippen LogP contribution in [-0.4, -0.2) is 37.2 Å². The van der Waals surface area contributed by atoms with Gasteiger partial charge in [0.05, 0.1) is 0 Å². The van der Waals surface area contributed by atoms with Crippen LogP contribution in [0.2, 0.25) is 0 Å². The van der Waals surface area contributed by atoms with E-state index in [1.807, 2.05) is 13.8 Å². The van der Waals surface area contributed by atoms with Crippen molar-refractivity contribution >= 4 is 18.4 Å². The monoisotopic (exact) mass is 364 g/mol. The molecule has 5 atom stereocenters. The summed E-state index contributed by atoms with van der Waals surface area (Å²) >= 11 is 0. The van der Waals surface area contributed by atoms with Crippen LogP contribution in [0.1, 0.15) is 47.5 Å². The van der Waals surface area contributed by atoms with Gasteiger partial charge in [0, 0.05) is 26.2 Å². The molecular weight excluding hydrogens is 336 g/mol. The van der Waals surface area contributed by atoms with Gasteiger partial charge >= 0.3 is 11.9 Å². The first-order valence-electron chi connectivity index (χ1n) is 9.01. The number of rotatable bonds is 5. The molecule has 0 aliphatic heterocycles. The normalized spacial score (nSPS) is 32.7. The van der Waals surface area contributed by atoms with Crippen molar-refractivity contribution in [3.05, 3.63) is 22.8 Å². The van der Waals surface area contributed by atoms with Crippen molar-refractivity contribution in [1.29, 1.82) is 0 Å². The Balaban J connectivity index is 2.39. The molecule has 0 aromatic heterocycles. The average molecular weight is 364 g/mol. The number of esters is 2. The number of allylic oxidation sites excluding steroid dienone is 1. The van der Waals surface area contributed by atoms with Gasteiger partial charge in [0.25, 0.3) is 6.47 Å². The highest BCUT2D eigenvalue weighted by molar-refractivity contribution is 5.67. The number of hydrogen-bond acceptors (Lipinski definition) is 6. The molecule has 1 fully saturated rings. The molecular formula is C20H28O6. The SMILES string of the molecule is CC(=O)O[C@@H]1C[C@@H]2[C@@H](C)[C@H](OC(C)=O)C/C(=C(/C)COC=O)[C@@H]2C=C1C. The Kier molecular flexibility index (Phi) is 6.62. The first-order valence-corrected chi connectivity index (χ1v) is 9.01. The highest BCUT2D eigenvalue weighted by atomic mass is 16.5. The van der Waals surface area contributed by atoms with Crippen molar-refractivity contribution in [2.45, 2.75) is 59.7 Å². The Morgan fingerprint density at radius 1 is 1.19 bits per heavy atom. The molecule has 0 bridgehead atoms. The van der Waals surface area contributed by atoms with Gasteiger partial charge < -0.3 is 14.2 Å². The molecule has 144 valence electrons. The third kappa shape index (κ3) is 4.54. The van der Waals surface area contributed by atoms with Crippen molar-refractivity contribution in [3.8, 4) is 0 Å². The van der Waals surface area contributed by atoms with Gasteiger partial charge in [-0.3, -0.25) is 14.4 Å². The topological polar surface area (TPSA) is 78.9 Å². The smallest absolute Gasteiger partial charge is 0.303 e. The van der Waals surface area contributed by atoms with Crippen LogP contribution >= 0.6 is 0 Å². The standard InChI is InChI=1S/C20H28O6/c1-11-6-18-16(12(2)9-24-10-21)7-20(26-15(5)23)13(3)17(18)8-19(11)25-14(4)22/h6,10,13,17-20H,7-9H2,1-5H3/b16-12+/t13-,17-,18+,19-,20-/m1/s1. The summed E-state index contributed by atoms with van der Waals surface area (Å²) in [6.45, 7) is 9.49. The second-order valence-corrected chi connectivity index (χ2v) is 7.36. The summed E-state index contributed by atoms with van der Waals surface area (Å²) in [5, 5.41) is 0. The summed E-state index contributed by atoms with van der Waals surface area (Å²) in [6.07, 6.45) is 2.98. The van der Waals surface area contributed by atoms with Crippen molar-refractivity contribution in [3.63, 3.8) is 0 Å². The van der Waals surface area contributed by atoms with Crippen molar-refractivity contribution in [2.75, 3.05) is 6.61 Å². The first kappa shape index (κ1) is 20.2. The zero-order valence-electron chi connectivity index (χ0n) is 16.1. The predicted octanol–water partition coefficient (Wildman–Crippen LogP) is 2.96. The number of carbonyl (C=O) groups is 3. The molecule has 0 unspecified atom stereocenters.